The molecule has 11 rings (SSSR count). The SMILES string of the molecule is c1ccc(-n2c3ccccc3c3cc(N(c4ccc5c(c4)oc4ccccc45)c4ccc5sc6ccc7ccccc7c6c5c4)ccc32)cc1. The number of hydrogen-bond donors (Lipinski definition) is 0. The lowest BCUT2D eigenvalue weighted by molar-refractivity contribution is 0.669. The molecule has 0 fully saturated rings. The smallest absolute Gasteiger partial charge is 0.137 e. The topological polar surface area (TPSA) is 21.3 Å². The second-order valence-electron chi connectivity index (χ2n) is 12.9. The van der Waals surface area contributed by atoms with Gasteiger partial charge in [0, 0.05) is 70.5 Å². The first-order valence-corrected chi connectivity index (χ1v) is 17.7. The highest BCUT2D eigenvalue weighted by Crippen LogP contribution is 2.45. The molecule has 234 valence electrons. The fraction of sp³-hybridized carbons (Fsp3) is 0. The van der Waals surface area contributed by atoms with E-state index in [9.17, 15) is 0 Å². The van der Waals surface area contributed by atoms with E-state index in [4.69, 9.17) is 4.42 Å². The van der Waals surface area contributed by atoms with Gasteiger partial charge in [0.05, 0.1) is 11.0 Å². The van der Waals surface area contributed by atoms with Gasteiger partial charge in [0.25, 0.3) is 0 Å². The summed E-state index contributed by atoms with van der Waals surface area (Å²) in [7, 11) is 0. The third-order valence-corrected chi connectivity index (χ3v) is 11.3. The summed E-state index contributed by atoms with van der Waals surface area (Å²) in [5.41, 5.74) is 8.55. The molecule has 11 aromatic rings. The standard InChI is InChI=1S/C46H28N2OS/c1-2-11-30(12-3-1)48-40-16-8-6-14-35(40)38-26-31(20-23-41(38)48)47(33-19-22-37-36-15-7-9-17-42(36)49-43(37)28-33)32-21-25-44-39(27-32)46-34-13-5-4-10-29(34)18-24-45(46)50-44/h1-28H. The van der Waals surface area contributed by atoms with E-state index in [2.05, 4.69) is 167 Å². The Balaban J connectivity index is 1.19. The lowest BCUT2D eigenvalue weighted by Crippen LogP contribution is -2.09. The predicted molar refractivity (Wildman–Crippen MR) is 213 cm³/mol. The molecule has 4 heteroatoms. The minimum absolute atomic E-state index is 0.878. The second kappa shape index (κ2) is 10.6. The Morgan fingerprint density at radius 1 is 0.420 bits per heavy atom. The molecule has 0 saturated heterocycles. The van der Waals surface area contributed by atoms with E-state index >= 15 is 0 Å². The van der Waals surface area contributed by atoms with Crippen molar-refractivity contribution in [1.82, 2.24) is 4.57 Å². The largest absolute Gasteiger partial charge is 0.456 e. The minimum Gasteiger partial charge on any atom is -0.456 e. The molecule has 0 saturated carbocycles. The molecule has 3 nitrogen and oxygen atoms in total. The lowest BCUT2D eigenvalue weighted by atomic mass is 10.0. The Bertz CT molecular complexity index is 3110. The molecule has 0 aliphatic carbocycles. The van der Waals surface area contributed by atoms with Crippen LogP contribution in [-0.4, -0.2) is 4.57 Å². The van der Waals surface area contributed by atoms with Crippen molar-refractivity contribution in [3.8, 4) is 5.69 Å². The molecule has 0 atom stereocenters. The summed E-state index contributed by atoms with van der Waals surface area (Å²) in [4.78, 5) is 2.38. The van der Waals surface area contributed by atoms with Crippen molar-refractivity contribution < 1.29 is 4.42 Å². The molecule has 0 unspecified atom stereocenters. The number of rotatable bonds is 4. The number of benzene rings is 8. The molecule has 0 radical (unpaired) electrons. The average molecular weight is 657 g/mol. The maximum Gasteiger partial charge on any atom is 0.137 e. The average Bonchev–Trinajstić information content (AvgIpc) is 3.84. The maximum absolute atomic E-state index is 6.43. The highest BCUT2D eigenvalue weighted by molar-refractivity contribution is 7.26. The number of thiophene rings is 1. The fourth-order valence-corrected chi connectivity index (χ4v) is 9.03. The fourth-order valence-electron chi connectivity index (χ4n) is 7.93. The van der Waals surface area contributed by atoms with E-state index in [0.29, 0.717) is 0 Å². The molecule has 3 heterocycles. The summed E-state index contributed by atoms with van der Waals surface area (Å²) >= 11 is 1.86. The number of furan rings is 1. The van der Waals surface area contributed by atoms with Gasteiger partial charge in [0.1, 0.15) is 11.2 Å². The van der Waals surface area contributed by atoms with Crippen LogP contribution in [0.4, 0.5) is 17.1 Å². The number of para-hydroxylation sites is 3. The highest BCUT2D eigenvalue weighted by atomic mass is 32.1. The monoisotopic (exact) mass is 656 g/mol. The highest BCUT2D eigenvalue weighted by Gasteiger charge is 2.20. The van der Waals surface area contributed by atoms with Crippen LogP contribution in [-0.2, 0) is 0 Å². The molecule has 0 bridgehead atoms. The van der Waals surface area contributed by atoms with Crippen molar-refractivity contribution >= 4 is 103 Å². The molecular formula is C46H28N2OS. The molecule has 3 aromatic heterocycles. The van der Waals surface area contributed by atoms with Crippen molar-refractivity contribution in [2.45, 2.75) is 0 Å². The Kier molecular flexibility index (Phi) is 5.83. The first kappa shape index (κ1) is 27.6. The third kappa shape index (κ3) is 4.03. The van der Waals surface area contributed by atoms with Crippen molar-refractivity contribution in [2.75, 3.05) is 4.90 Å². The maximum atomic E-state index is 6.43. The van der Waals surface area contributed by atoms with Crippen molar-refractivity contribution in [2.24, 2.45) is 0 Å². The number of nitrogens with zero attached hydrogens (tertiary/aromatic N) is 2. The summed E-state index contributed by atoms with van der Waals surface area (Å²) in [5, 5.41) is 9.84. The van der Waals surface area contributed by atoms with Gasteiger partial charge in [-0.3, -0.25) is 0 Å². The molecule has 0 aliphatic heterocycles. The van der Waals surface area contributed by atoms with Gasteiger partial charge >= 0.3 is 0 Å². The number of hydrogen-bond acceptors (Lipinski definition) is 3. The van der Waals surface area contributed by atoms with Crippen LogP contribution in [0.3, 0.4) is 0 Å². The summed E-state index contributed by atoms with van der Waals surface area (Å²) in [5.74, 6) is 0. The van der Waals surface area contributed by atoms with Crippen LogP contribution in [0.1, 0.15) is 0 Å². The van der Waals surface area contributed by atoms with Crippen LogP contribution < -0.4 is 4.90 Å². The van der Waals surface area contributed by atoms with Gasteiger partial charge in [0.2, 0.25) is 0 Å². The zero-order valence-electron chi connectivity index (χ0n) is 26.9. The lowest BCUT2D eigenvalue weighted by Gasteiger charge is -2.26. The normalized spacial score (nSPS) is 12.0. The molecular weight excluding hydrogens is 629 g/mol. The zero-order chi connectivity index (χ0) is 32.8. The van der Waals surface area contributed by atoms with Crippen LogP contribution in [0, 0.1) is 0 Å². The summed E-state index contributed by atoms with van der Waals surface area (Å²) in [6.07, 6.45) is 0. The van der Waals surface area contributed by atoms with E-state index in [1.54, 1.807) is 0 Å². The summed E-state index contributed by atoms with van der Waals surface area (Å²) < 4.78 is 11.4. The van der Waals surface area contributed by atoms with Gasteiger partial charge in [-0.25, -0.2) is 0 Å². The van der Waals surface area contributed by atoms with Crippen molar-refractivity contribution in [3.63, 3.8) is 0 Å². The molecule has 0 spiro atoms. The first-order valence-electron chi connectivity index (χ1n) is 16.9. The Labute approximate surface area is 291 Å². The van der Waals surface area contributed by atoms with Gasteiger partial charge < -0.3 is 13.9 Å². The third-order valence-electron chi connectivity index (χ3n) is 10.2. The van der Waals surface area contributed by atoms with Gasteiger partial charge in [-0.2, -0.15) is 0 Å². The minimum atomic E-state index is 0.878. The second-order valence-corrected chi connectivity index (χ2v) is 14.0. The van der Waals surface area contributed by atoms with Gasteiger partial charge in [-0.15, -0.1) is 11.3 Å². The van der Waals surface area contributed by atoms with Gasteiger partial charge in [0.15, 0.2) is 0 Å². The molecule has 0 amide bonds. The molecule has 8 aromatic carbocycles. The van der Waals surface area contributed by atoms with Gasteiger partial charge in [-0.1, -0.05) is 84.9 Å². The van der Waals surface area contributed by atoms with Crippen LogP contribution >= 0.6 is 11.3 Å². The van der Waals surface area contributed by atoms with E-state index in [1.165, 1.54) is 52.8 Å². The number of anilines is 3. The van der Waals surface area contributed by atoms with E-state index in [1.807, 2.05) is 23.5 Å². The van der Waals surface area contributed by atoms with Crippen molar-refractivity contribution in [3.05, 3.63) is 170 Å². The Hall–Kier alpha value is -6.36. The summed E-state index contributed by atoms with van der Waals surface area (Å²) in [6, 6.07) is 61.3. The quantitative estimate of drug-likeness (QED) is 0.188. The number of fused-ring (bicyclic) bond motifs is 11. The van der Waals surface area contributed by atoms with Crippen LogP contribution in [0.25, 0.3) is 80.4 Å². The van der Waals surface area contributed by atoms with Crippen LogP contribution in [0.5, 0.6) is 0 Å². The number of aromatic nitrogens is 1. The first-order chi connectivity index (χ1) is 24.8. The van der Waals surface area contributed by atoms with Crippen molar-refractivity contribution in [1.29, 1.82) is 0 Å². The Morgan fingerprint density at radius 2 is 1.06 bits per heavy atom. The van der Waals surface area contributed by atoms with E-state index in [-0.39, 0.29) is 0 Å². The van der Waals surface area contributed by atoms with E-state index < -0.39 is 0 Å². The Morgan fingerprint density at radius 3 is 1.96 bits per heavy atom. The summed E-state index contributed by atoms with van der Waals surface area (Å²) in [6.45, 7) is 0. The predicted octanol–water partition coefficient (Wildman–Crippen LogP) is 13.7. The van der Waals surface area contributed by atoms with E-state index in [0.717, 1.165) is 44.7 Å². The zero-order valence-corrected chi connectivity index (χ0v) is 27.7. The van der Waals surface area contributed by atoms with Crippen LogP contribution in [0.2, 0.25) is 0 Å². The van der Waals surface area contributed by atoms with Crippen LogP contribution in [0.15, 0.2) is 174 Å². The molecule has 0 N–H and O–H groups in total. The molecule has 0 aliphatic rings. The molecule has 50 heavy (non-hydrogen) atoms. The van der Waals surface area contributed by atoms with Gasteiger partial charge in [-0.05, 0) is 89.6 Å².